The Bertz CT molecular complexity index is 1840. The molecule has 1 saturated carbocycles. The molecule has 1 aliphatic rings. The van der Waals surface area contributed by atoms with Gasteiger partial charge in [-0.2, -0.15) is 10.5 Å². The molecule has 2 aromatic heterocycles. The standard InChI is InChI=1S/C32H26BFN8/c1-2-28(20-6-4-3-5-7-20)38-31-22(17-36)18-37-30-21(16-35)14-25(15-27(30)31)39-32(33,23-8-10-24(34)11-9-23)29-19-42(41-40-29)26-12-13-26/h3-11,14-15,18-19,26,28,39H,2,12-13H2,1H3,(H,37,38)/t28-,32?/m1/s1. The fraction of sp³-hybridized carbons (Fsp3) is 0.219. The molecule has 6 rings (SSSR count). The first-order valence-corrected chi connectivity index (χ1v) is 13.8. The molecule has 2 N–H and O–H groups in total. The maximum absolute atomic E-state index is 13.9. The molecular formula is C32H26BFN8. The molecule has 8 nitrogen and oxygen atoms in total. The number of halogens is 1. The number of nitriles is 2. The van der Waals surface area contributed by atoms with Crippen LogP contribution in [-0.4, -0.2) is 27.8 Å². The smallest absolute Gasteiger partial charge is 0.123 e. The van der Waals surface area contributed by atoms with Crippen molar-refractivity contribution >= 4 is 30.1 Å². The Labute approximate surface area is 244 Å². The van der Waals surface area contributed by atoms with Gasteiger partial charge in [-0.3, -0.25) is 4.98 Å². The summed E-state index contributed by atoms with van der Waals surface area (Å²) in [6, 6.07) is 24.0. The average Bonchev–Trinajstić information content (AvgIpc) is 3.75. The number of nitrogens with one attached hydrogen (secondary N) is 2. The molecule has 204 valence electrons. The van der Waals surface area contributed by atoms with Gasteiger partial charge in [0.15, 0.2) is 0 Å². The number of hydrogen-bond donors (Lipinski definition) is 2. The monoisotopic (exact) mass is 552 g/mol. The lowest BCUT2D eigenvalue weighted by molar-refractivity contribution is 0.610. The van der Waals surface area contributed by atoms with Gasteiger partial charge in [0.2, 0.25) is 0 Å². The lowest BCUT2D eigenvalue weighted by Gasteiger charge is -2.32. The highest BCUT2D eigenvalue weighted by Gasteiger charge is 2.34. The first kappa shape index (κ1) is 27.0. The molecule has 42 heavy (non-hydrogen) atoms. The lowest BCUT2D eigenvalue weighted by atomic mass is 9.69. The van der Waals surface area contributed by atoms with Crippen LogP contribution in [0.1, 0.15) is 66.2 Å². The topological polar surface area (TPSA) is 115 Å². The summed E-state index contributed by atoms with van der Waals surface area (Å²) in [6.07, 6.45) is 6.08. The summed E-state index contributed by atoms with van der Waals surface area (Å²) < 4.78 is 15.7. The van der Waals surface area contributed by atoms with Crippen molar-refractivity contribution in [2.75, 3.05) is 10.6 Å². The summed E-state index contributed by atoms with van der Waals surface area (Å²) >= 11 is 0. The van der Waals surface area contributed by atoms with Gasteiger partial charge in [-0.1, -0.05) is 54.6 Å². The number of fused-ring (bicyclic) bond motifs is 1. The normalized spacial score (nSPS) is 14.9. The van der Waals surface area contributed by atoms with Crippen molar-refractivity contribution in [1.29, 1.82) is 10.5 Å². The predicted molar refractivity (Wildman–Crippen MR) is 159 cm³/mol. The number of rotatable bonds is 9. The van der Waals surface area contributed by atoms with E-state index < -0.39 is 11.3 Å². The minimum absolute atomic E-state index is 0.0867. The van der Waals surface area contributed by atoms with Crippen LogP contribution in [0.4, 0.5) is 15.8 Å². The van der Waals surface area contributed by atoms with E-state index in [1.54, 1.807) is 29.1 Å². The summed E-state index contributed by atoms with van der Waals surface area (Å²) in [5.74, 6) is -0.394. The molecule has 10 heteroatoms. The van der Waals surface area contributed by atoms with E-state index in [2.05, 4.69) is 45.0 Å². The van der Waals surface area contributed by atoms with Crippen molar-refractivity contribution in [3.05, 3.63) is 113 Å². The fourth-order valence-electron chi connectivity index (χ4n) is 5.18. The van der Waals surface area contributed by atoms with E-state index in [1.807, 2.05) is 36.4 Å². The van der Waals surface area contributed by atoms with Gasteiger partial charge in [0.05, 0.1) is 46.0 Å². The number of nitrogens with zero attached hydrogens (tertiary/aromatic N) is 6. The molecule has 3 aromatic carbocycles. The molecule has 0 bridgehead atoms. The van der Waals surface area contributed by atoms with Crippen LogP contribution in [-0.2, 0) is 5.44 Å². The SMILES string of the molecule is [B]C(Nc1cc(C#N)c2ncc(C#N)c(N[C@H](CC)c3ccccc3)c2c1)(c1ccc(F)cc1)c1cn(C2CC2)nn1. The van der Waals surface area contributed by atoms with Crippen LogP contribution in [0.5, 0.6) is 0 Å². The van der Waals surface area contributed by atoms with Crippen LogP contribution in [0.3, 0.4) is 0 Å². The summed E-state index contributed by atoms with van der Waals surface area (Å²) in [7, 11) is 7.05. The summed E-state index contributed by atoms with van der Waals surface area (Å²) in [5, 5.41) is 36.3. The van der Waals surface area contributed by atoms with Crippen LogP contribution in [0.25, 0.3) is 10.9 Å². The second-order valence-corrected chi connectivity index (χ2v) is 10.5. The van der Waals surface area contributed by atoms with Crippen molar-refractivity contribution in [1.82, 2.24) is 20.0 Å². The number of hydrogen-bond acceptors (Lipinski definition) is 7. The first-order chi connectivity index (χ1) is 20.4. The Kier molecular flexibility index (Phi) is 7.06. The molecule has 2 radical (unpaired) electrons. The zero-order chi connectivity index (χ0) is 29.3. The maximum Gasteiger partial charge on any atom is 0.123 e. The van der Waals surface area contributed by atoms with Gasteiger partial charge < -0.3 is 10.6 Å². The number of anilines is 2. The van der Waals surface area contributed by atoms with Crippen molar-refractivity contribution in [3.63, 3.8) is 0 Å². The van der Waals surface area contributed by atoms with E-state index in [0.717, 1.165) is 24.8 Å². The Balaban J connectivity index is 1.49. The summed E-state index contributed by atoms with van der Waals surface area (Å²) in [6.45, 7) is 2.06. The van der Waals surface area contributed by atoms with E-state index in [1.165, 1.54) is 18.3 Å². The molecule has 0 saturated heterocycles. The van der Waals surface area contributed by atoms with Crippen molar-refractivity contribution in [2.45, 2.75) is 43.7 Å². The zero-order valence-electron chi connectivity index (χ0n) is 22.9. The maximum atomic E-state index is 13.9. The molecule has 0 aliphatic heterocycles. The van der Waals surface area contributed by atoms with Crippen LogP contribution >= 0.6 is 0 Å². The second kappa shape index (κ2) is 11.0. The third kappa shape index (κ3) is 5.04. The van der Waals surface area contributed by atoms with Crippen LogP contribution in [0, 0.1) is 28.5 Å². The van der Waals surface area contributed by atoms with E-state index in [0.29, 0.717) is 44.7 Å². The predicted octanol–water partition coefficient (Wildman–Crippen LogP) is 6.09. The molecule has 1 unspecified atom stereocenters. The number of benzene rings is 3. The van der Waals surface area contributed by atoms with Gasteiger partial charge in [-0.15, -0.1) is 5.10 Å². The Morgan fingerprint density at radius 1 is 1.07 bits per heavy atom. The molecular weight excluding hydrogens is 526 g/mol. The van der Waals surface area contributed by atoms with Crippen molar-refractivity contribution in [3.8, 4) is 12.1 Å². The van der Waals surface area contributed by atoms with Gasteiger partial charge in [-0.05, 0) is 54.7 Å². The average molecular weight is 552 g/mol. The van der Waals surface area contributed by atoms with Gasteiger partial charge >= 0.3 is 0 Å². The highest BCUT2D eigenvalue weighted by atomic mass is 19.1. The molecule has 1 aliphatic carbocycles. The fourth-order valence-corrected chi connectivity index (χ4v) is 5.18. The van der Waals surface area contributed by atoms with Crippen molar-refractivity contribution < 1.29 is 4.39 Å². The Morgan fingerprint density at radius 2 is 1.81 bits per heavy atom. The second-order valence-electron chi connectivity index (χ2n) is 10.5. The van der Waals surface area contributed by atoms with Crippen LogP contribution < -0.4 is 10.6 Å². The zero-order valence-corrected chi connectivity index (χ0v) is 22.9. The molecule has 1 fully saturated rings. The molecule has 0 spiro atoms. The minimum atomic E-state index is -1.41. The molecule has 2 heterocycles. The Morgan fingerprint density at radius 3 is 2.48 bits per heavy atom. The quantitative estimate of drug-likeness (QED) is 0.213. The highest BCUT2D eigenvalue weighted by molar-refractivity contribution is 6.19. The van der Waals surface area contributed by atoms with Crippen molar-refractivity contribution in [2.24, 2.45) is 0 Å². The van der Waals surface area contributed by atoms with Gasteiger partial charge in [0, 0.05) is 17.3 Å². The number of aromatic nitrogens is 4. The van der Waals surface area contributed by atoms with Gasteiger partial charge in [0.1, 0.15) is 31.5 Å². The highest BCUT2D eigenvalue weighted by Crippen LogP contribution is 2.38. The lowest BCUT2D eigenvalue weighted by Crippen LogP contribution is -2.38. The van der Waals surface area contributed by atoms with Gasteiger partial charge in [0.25, 0.3) is 0 Å². The van der Waals surface area contributed by atoms with Crippen LogP contribution in [0.2, 0.25) is 0 Å². The van der Waals surface area contributed by atoms with E-state index in [-0.39, 0.29) is 12.1 Å². The van der Waals surface area contributed by atoms with E-state index >= 15 is 0 Å². The third-order valence-electron chi connectivity index (χ3n) is 7.62. The summed E-state index contributed by atoms with van der Waals surface area (Å²) in [4.78, 5) is 4.47. The molecule has 5 aromatic rings. The van der Waals surface area contributed by atoms with E-state index in [9.17, 15) is 14.9 Å². The largest absolute Gasteiger partial charge is 0.378 e. The number of pyridine rings is 1. The van der Waals surface area contributed by atoms with Crippen LogP contribution in [0.15, 0.2) is 79.1 Å². The molecule has 2 atom stereocenters. The first-order valence-electron chi connectivity index (χ1n) is 13.8. The Hall–Kier alpha value is -5.22. The third-order valence-corrected chi connectivity index (χ3v) is 7.62. The minimum Gasteiger partial charge on any atom is -0.378 e. The van der Waals surface area contributed by atoms with Gasteiger partial charge in [-0.25, -0.2) is 9.07 Å². The molecule has 0 amide bonds. The summed E-state index contributed by atoms with van der Waals surface area (Å²) in [5.41, 5.74) is 2.84. The van der Waals surface area contributed by atoms with E-state index in [4.69, 9.17) is 7.85 Å².